The number of fused-ring (bicyclic) bond motifs is 1. The number of benzene rings is 1. The van der Waals surface area contributed by atoms with Crippen LogP contribution in [0.15, 0.2) is 35.1 Å². The summed E-state index contributed by atoms with van der Waals surface area (Å²) in [6.07, 6.45) is 0. The fourth-order valence-corrected chi connectivity index (χ4v) is 2.80. The molecule has 0 saturated carbocycles. The van der Waals surface area contributed by atoms with Crippen LogP contribution in [0.25, 0.3) is 4.96 Å². The van der Waals surface area contributed by atoms with Crippen molar-refractivity contribution >= 4 is 22.3 Å². The Morgan fingerprint density at radius 3 is 2.68 bits per heavy atom. The molecule has 9 heteroatoms. The van der Waals surface area contributed by atoms with Crippen molar-refractivity contribution in [2.45, 2.75) is 13.5 Å². The van der Waals surface area contributed by atoms with Gasteiger partial charge in [-0.25, -0.2) is 9.78 Å². The van der Waals surface area contributed by atoms with E-state index in [-0.39, 0.29) is 18.8 Å². The minimum Gasteiger partial charge on any atom is -0.497 e. The molecule has 2 heterocycles. The lowest BCUT2D eigenvalue weighted by molar-refractivity contribution is -0.147. The second-order valence-electron chi connectivity index (χ2n) is 5.03. The maximum Gasteiger partial charge on any atom is 0.344 e. The Hall–Kier alpha value is -2.94. The maximum atomic E-state index is 11.9. The maximum absolute atomic E-state index is 11.9. The smallest absolute Gasteiger partial charge is 0.344 e. The van der Waals surface area contributed by atoms with Crippen LogP contribution in [0.3, 0.4) is 0 Å². The number of carbonyl (C=O) groups excluding carboxylic acids is 1. The quantitative estimate of drug-likeness (QED) is 0.616. The number of methoxy groups -OCH3 is 1. The third kappa shape index (κ3) is 4.13. The zero-order chi connectivity index (χ0) is 17.8. The summed E-state index contributed by atoms with van der Waals surface area (Å²) >= 11 is 1.29. The molecule has 0 bridgehead atoms. The van der Waals surface area contributed by atoms with Crippen LogP contribution in [0.5, 0.6) is 11.5 Å². The van der Waals surface area contributed by atoms with E-state index in [4.69, 9.17) is 14.2 Å². The van der Waals surface area contributed by atoms with Crippen LogP contribution in [0.4, 0.5) is 0 Å². The molecule has 8 nitrogen and oxygen atoms in total. The minimum atomic E-state index is -0.557. The summed E-state index contributed by atoms with van der Waals surface area (Å²) in [5.41, 5.74) is 0.0568. The van der Waals surface area contributed by atoms with Gasteiger partial charge in [-0.1, -0.05) is 11.3 Å². The average Bonchev–Trinajstić information content (AvgIpc) is 2.99. The lowest BCUT2D eigenvalue weighted by atomic mass is 10.3. The molecule has 0 radical (unpaired) electrons. The summed E-state index contributed by atoms with van der Waals surface area (Å²) in [5.74, 6) is 0.662. The van der Waals surface area contributed by atoms with Crippen molar-refractivity contribution in [3.8, 4) is 11.5 Å². The van der Waals surface area contributed by atoms with Gasteiger partial charge in [0.2, 0.25) is 4.96 Å². The molecule has 25 heavy (non-hydrogen) atoms. The van der Waals surface area contributed by atoms with Crippen molar-refractivity contribution < 1.29 is 19.0 Å². The van der Waals surface area contributed by atoms with Crippen LogP contribution < -0.4 is 15.0 Å². The van der Waals surface area contributed by atoms with Crippen LogP contribution in [-0.2, 0) is 16.1 Å². The number of nitrogens with zero attached hydrogens (tertiary/aromatic N) is 3. The summed E-state index contributed by atoms with van der Waals surface area (Å²) in [4.78, 5) is 28.4. The Bertz CT molecular complexity index is 949. The van der Waals surface area contributed by atoms with Gasteiger partial charge in [0.15, 0.2) is 6.61 Å². The molecule has 0 N–H and O–H groups in total. The highest BCUT2D eigenvalue weighted by atomic mass is 32.1. The van der Waals surface area contributed by atoms with Crippen molar-refractivity contribution in [3.05, 3.63) is 51.4 Å². The Morgan fingerprint density at radius 2 is 1.96 bits per heavy atom. The summed E-state index contributed by atoms with van der Waals surface area (Å²) in [6, 6.07) is 8.13. The van der Waals surface area contributed by atoms with E-state index in [1.165, 1.54) is 21.9 Å². The van der Waals surface area contributed by atoms with Gasteiger partial charge >= 0.3 is 5.97 Å². The molecule has 0 spiro atoms. The Balaban J connectivity index is 1.55. The van der Waals surface area contributed by atoms with Gasteiger partial charge in [-0.15, -0.1) is 0 Å². The lowest BCUT2D eigenvalue weighted by Crippen LogP contribution is -2.18. The molecular formula is C16H15N3O5S. The van der Waals surface area contributed by atoms with E-state index in [0.717, 1.165) is 5.01 Å². The van der Waals surface area contributed by atoms with Crippen molar-refractivity contribution in [2.24, 2.45) is 0 Å². The molecule has 3 aromatic rings. The lowest BCUT2D eigenvalue weighted by Gasteiger charge is -2.07. The molecule has 0 aliphatic heterocycles. The Labute approximate surface area is 146 Å². The summed E-state index contributed by atoms with van der Waals surface area (Å²) in [6.45, 7) is 1.44. The monoisotopic (exact) mass is 361 g/mol. The van der Waals surface area contributed by atoms with Crippen molar-refractivity contribution in [3.63, 3.8) is 0 Å². The van der Waals surface area contributed by atoms with Gasteiger partial charge in [-0.05, 0) is 31.2 Å². The second-order valence-corrected chi connectivity index (χ2v) is 6.19. The molecule has 3 rings (SSSR count). The predicted octanol–water partition coefficient (Wildman–Crippen LogP) is 1.59. The topological polar surface area (TPSA) is 92.0 Å². The van der Waals surface area contributed by atoms with E-state index in [9.17, 15) is 9.59 Å². The van der Waals surface area contributed by atoms with Gasteiger partial charge in [0.1, 0.15) is 23.1 Å². The van der Waals surface area contributed by atoms with Crippen LogP contribution in [0, 0.1) is 6.92 Å². The highest BCUT2D eigenvalue weighted by molar-refractivity contribution is 7.16. The molecule has 130 valence electrons. The van der Waals surface area contributed by atoms with Gasteiger partial charge in [-0.2, -0.15) is 9.61 Å². The van der Waals surface area contributed by atoms with Gasteiger partial charge in [0, 0.05) is 6.07 Å². The van der Waals surface area contributed by atoms with Gasteiger partial charge in [-0.3, -0.25) is 4.79 Å². The first kappa shape index (κ1) is 16.9. The number of aryl methyl sites for hydroxylation is 1. The van der Waals surface area contributed by atoms with E-state index < -0.39 is 5.97 Å². The first-order valence-corrected chi connectivity index (χ1v) is 8.15. The highest BCUT2D eigenvalue weighted by Gasteiger charge is 2.10. The van der Waals surface area contributed by atoms with Crippen molar-refractivity contribution in [2.75, 3.05) is 13.7 Å². The number of esters is 1. The molecule has 0 unspecified atom stereocenters. The number of rotatable bonds is 6. The highest BCUT2D eigenvalue weighted by Crippen LogP contribution is 2.17. The van der Waals surface area contributed by atoms with Crippen LogP contribution in [0.2, 0.25) is 0 Å². The molecule has 0 aliphatic rings. The zero-order valence-electron chi connectivity index (χ0n) is 13.6. The van der Waals surface area contributed by atoms with E-state index in [0.29, 0.717) is 22.2 Å². The largest absolute Gasteiger partial charge is 0.497 e. The van der Waals surface area contributed by atoms with Gasteiger partial charge < -0.3 is 14.2 Å². The first-order chi connectivity index (χ1) is 12.0. The molecular weight excluding hydrogens is 346 g/mol. The molecule has 2 aromatic heterocycles. The Kier molecular flexibility index (Phi) is 4.94. The number of ether oxygens (including phenoxy) is 3. The molecule has 1 aromatic carbocycles. The normalized spacial score (nSPS) is 10.6. The predicted molar refractivity (Wildman–Crippen MR) is 90.2 cm³/mol. The van der Waals surface area contributed by atoms with Crippen LogP contribution in [-0.4, -0.2) is 34.3 Å². The second kappa shape index (κ2) is 7.31. The Morgan fingerprint density at radius 1 is 1.24 bits per heavy atom. The average molecular weight is 361 g/mol. The number of hydrogen-bond acceptors (Lipinski definition) is 8. The third-order valence-electron chi connectivity index (χ3n) is 3.20. The van der Waals surface area contributed by atoms with Crippen LogP contribution in [0.1, 0.15) is 10.7 Å². The first-order valence-electron chi connectivity index (χ1n) is 7.34. The van der Waals surface area contributed by atoms with E-state index in [1.54, 1.807) is 38.3 Å². The summed E-state index contributed by atoms with van der Waals surface area (Å²) < 4.78 is 16.7. The number of carbonyl (C=O) groups is 1. The van der Waals surface area contributed by atoms with Gasteiger partial charge in [0.05, 0.1) is 12.8 Å². The molecule has 0 amide bonds. The summed E-state index contributed by atoms with van der Waals surface area (Å²) in [7, 11) is 1.57. The van der Waals surface area contributed by atoms with Crippen LogP contribution >= 0.6 is 11.3 Å². The van der Waals surface area contributed by atoms with Crippen molar-refractivity contribution in [1.82, 2.24) is 14.6 Å². The minimum absolute atomic E-state index is 0.104. The van der Waals surface area contributed by atoms with E-state index in [1.807, 2.05) is 0 Å². The fraction of sp³-hybridized carbons (Fsp3) is 0.250. The SMILES string of the molecule is COc1ccc(OCC(=O)OCc2cc(=O)n3nc(C)sc3n2)cc1. The summed E-state index contributed by atoms with van der Waals surface area (Å²) in [5, 5.41) is 4.78. The number of aromatic nitrogens is 3. The molecule has 0 aliphatic carbocycles. The van der Waals surface area contributed by atoms with E-state index >= 15 is 0 Å². The third-order valence-corrected chi connectivity index (χ3v) is 4.02. The van der Waals surface area contributed by atoms with Crippen molar-refractivity contribution in [1.29, 1.82) is 0 Å². The fourth-order valence-electron chi connectivity index (χ4n) is 2.04. The zero-order valence-corrected chi connectivity index (χ0v) is 14.4. The number of hydrogen-bond donors (Lipinski definition) is 0. The van der Waals surface area contributed by atoms with Gasteiger partial charge in [0.25, 0.3) is 5.56 Å². The standard InChI is InChI=1S/C16H15N3O5S/c1-10-18-19-14(20)7-11(17-16(19)25-10)8-24-15(21)9-23-13-5-3-12(22-2)4-6-13/h3-7H,8-9H2,1-2H3. The molecule has 0 atom stereocenters. The van der Waals surface area contributed by atoms with E-state index in [2.05, 4.69) is 10.1 Å². The molecule has 0 fully saturated rings. The molecule has 0 saturated heterocycles.